The molecule has 0 aliphatic carbocycles. The Labute approximate surface area is 184 Å². The molecular formula is C20H18Cl3N3O3. The monoisotopic (exact) mass is 453 g/mol. The van der Waals surface area contributed by atoms with Crippen LogP contribution in [-0.2, 0) is 6.42 Å². The van der Waals surface area contributed by atoms with Crippen LogP contribution in [0.4, 0.5) is 5.82 Å². The summed E-state index contributed by atoms with van der Waals surface area (Å²) in [5.41, 5.74) is 2.32. The zero-order valence-corrected chi connectivity index (χ0v) is 17.7. The van der Waals surface area contributed by atoms with Crippen LogP contribution in [0.15, 0.2) is 48.5 Å². The van der Waals surface area contributed by atoms with Crippen LogP contribution in [0.3, 0.4) is 0 Å². The molecule has 0 atom stereocenters. The van der Waals surface area contributed by atoms with E-state index in [0.717, 1.165) is 5.56 Å². The van der Waals surface area contributed by atoms with E-state index in [1.165, 1.54) is 13.2 Å². The first-order valence-corrected chi connectivity index (χ1v) is 9.17. The van der Waals surface area contributed by atoms with Crippen LogP contribution in [0.5, 0.6) is 6.01 Å². The second kappa shape index (κ2) is 10.3. The number of nitrogens with zero attached hydrogens (tertiary/aromatic N) is 2. The first-order chi connectivity index (χ1) is 13.5. The van der Waals surface area contributed by atoms with Gasteiger partial charge in [-0.25, -0.2) is 4.79 Å². The summed E-state index contributed by atoms with van der Waals surface area (Å²) in [6, 6.07) is 14.0. The highest BCUT2D eigenvalue weighted by atomic mass is 35.5. The fraction of sp³-hybridized carbons (Fsp3) is 0.150. The van der Waals surface area contributed by atoms with Crippen LogP contribution in [0.2, 0.25) is 10.0 Å². The van der Waals surface area contributed by atoms with Crippen molar-refractivity contribution in [2.24, 2.45) is 0 Å². The fourth-order valence-corrected chi connectivity index (χ4v) is 3.05. The molecule has 0 radical (unpaired) electrons. The number of anilines is 1. The van der Waals surface area contributed by atoms with Gasteiger partial charge in [0.1, 0.15) is 5.82 Å². The van der Waals surface area contributed by atoms with Gasteiger partial charge in [0.15, 0.2) is 0 Å². The largest absolute Gasteiger partial charge is 0.478 e. The molecule has 6 nitrogen and oxygen atoms in total. The molecule has 3 rings (SSSR count). The predicted octanol–water partition coefficient (Wildman–Crippen LogP) is 5.23. The van der Waals surface area contributed by atoms with Gasteiger partial charge in [0.05, 0.1) is 28.4 Å². The molecule has 1 heterocycles. The van der Waals surface area contributed by atoms with E-state index in [2.05, 4.69) is 15.3 Å². The van der Waals surface area contributed by atoms with E-state index in [1.807, 2.05) is 12.1 Å². The molecule has 29 heavy (non-hydrogen) atoms. The van der Waals surface area contributed by atoms with Crippen LogP contribution in [-0.4, -0.2) is 34.7 Å². The maximum absolute atomic E-state index is 11.2. The van der Waals surface area contributed by atoms with E-state index in [0.29, 0.717) is 40.1 Å². The van der Waals surface area contributed by atoms with Crippen molar-refractivity contribution in [3.63, 3.8) is 0 Å². The summed E-state index contributed by atoms with van der Waals surface area (Å²) in [7, 11) is 1.47. The normalized spacial score (nSPS) is 10.2. The number of nitrogens with one attached hydrogen (secondary N) is 1. The summed E-state index contributed by atoms with van der Waals surface area (Å²) in [5.74, 6) is -0.444. The lowest BCUT2D eigenvalue weighted by Crippen LogP contribution is -2.08. The van der Waals surface area contributed by atoms with E-state index in [4.69, 9.17) is 27.9 Å². The number of carboxylic acid groups (broad SMARTS) is 1. The molecule has 0 saturated carbocycles. The van der Waals surface area contributed by atoms with Gasteiger partial charge >= 0.3 is 12.0 Å². The van der Waals surface area contributed by atoms with Crippen molar-refractivity contribution < 1.29 is 14.6 Å². The molecule has 0 bridgehead atoms. The smallest absolute Gasteiger partial charge is 0.335 e. The molecule has 2 aromatic carbocycles. The molecule has 0 aliphatic heterocycles. The number of ether oxygens (including phenoxy) is 1. The van der Waals surface area contributed by atoms with Crippen molar-refractivity contribution in [2.45, 2.75) is 6.42 Å². The zero-order valence-electron chi connectivity index (χ0n) is 15.4. The van der Waals surface area contributed by atoms with E-state index < -0.39 is 5.97 Å². The molecule has 152 valence electrons. The number of hydrogen-bond acceptors (Lipinski definition) is 5. The van der Waals surface area contributed by atoms with Crippen LogP contribution >= 0.6 is 35.6 Å². The Bertz CT molecular complexity index is 1020. The van der Waals surface area contributed by atoms with Crippen molar-refractivity contribution in [1.29, 1.82) is 0 Å². The molecule has 3 aromatic rings. The number of carboxylic acids is 1. The van der Waals surface area contributed by atoms with Crippen molar-refractivity contribution in [3.8, 4) is 17.3 Å². The van der Waals surface area contributed by atoms with Gasteiger partial charge in [-0.3, -0.25) is 0 Å². The third kappa shape index (κ3) is 5.73. The Balaban J connectivity index is 0.00000300. The molecule has 0 aliphatic rings. The molecule has 9 heteroatoms. The van der Waals surface area contributed by atoms with E-state index in [-0.39, 0.29) is 24.0 Å². The average Bonchev–Trinajstić information content (AvgIpc) is 2.71. The molecule has 0 spiro atoms. The Morgan fingerprint density at radius 1 is 1.14 bits per heavy atom. The van der Waals surface area contributed by atoms with Gasteiger partial charge in [0.25, 0.3) is 0 Å². The van der Waals surface area contributed by atoms with Gasteiger partial charge in [0.2, 0.25) is 0 Å². The first kappa shape index (κ1) is 22.7. The van der Waals surface area contributed by atoms with E-state index in [9.17, 15) is 9.90 Å². The van der Waals surface area contributed by atoms with Gasteiger partial charge in [-0.2, -0.15) is 9.97 Å². The lowest BCUT2D eigenvalue weighted by atomic mass is 10.1. The number of aromatic carboxylic acids is 1. The maximum atomic E-state index is 11.2. The van der Waals surface area contributed by atoms with Crippen molar-refractivity contribution in [1.82, 2.24) is 9.97 Å². The minimum Gasteiger partial charge on any atom is -0.478 e. The summed E-state index contributed by atoms with van der Waals surface area (Å²) < 4.78 is 5.18. The van der Waals surface area contributed by atoms with Gasteiger partial charge in [-0.15, -0.1) is 12.4 Å². The molecule has 0 unspecified atom stereocenters. The summed E-state index contributed by atoms with van der Waals surface area (Å²) in [6.07, 6.45) is 0.648. The summed E-state index contributed by atoms with van der Waals surface area (Å²) >= 11 is 12.3. The third-order valence-corrected chi connectivity index (χ3v) is 4.88. The Kier molecular flexibility index (Phi) is 8.08. The van der Waals surface area contributed by atoms with Crippen LogP contribution < -0.4 is 10.1 Å². The molecular weight excluding hydrogens is 437 g/mol. The quantitative estimate of drug-likeness (QED) is 0.508. The van der Waals surface area contributed by atoms with E-state index >= 15 is 0 Å². The second-order valence-corrected chi connectivity index (χ2v) is 6.69. The SMILES string of the molecule is COc1nc(NCCc2cccc(Cl)c2Cl)cc(-c2cccc(C(=O)O)c2)n1.Cl. The van der Waals surface area contributed by atoms with Gasteiger partial charge in [-0.05, 0) is 30.2 Å². The van der Waals surface area contributed by atoms with E-state index in [1.54, 1.807) is 30.3 Å². The topological polar surface area (TPSA) is 84.3 Å². The average molecular weight is 455 g/mol. The zero-order chi connectivity index (χ0) is 20.1. The van der Waals surface area contributed by atoms with Gasteiger partial charge in [-0.1, -0.05) is 47.5 Å². The number of carbonyl (C=O) groups is 1. The minimum absolute atomic E-state index is 0. The second-order valence-electron chi connectivity index (χ2n) is 5.90. The standard InChI is InChI=1S/C20H17Cl2N3O3.ClH/c1-28-20-24-16(13-5-2-6-14(10-13)19(26)27)11-17(25-20)23-9-8-12-4-3-7-15(21)18(12)22;/h2-7,10-11H,8-9H2,1H3,(H,26,27)(H,23,24,25);1H. The number of halogens is 3. The maximum Gasteiger partial charge on any atom is 0.335 e. The van der Waals surface area contributed by atoms with Crippen LogP contribution in [0.1, 0.15) is 15.9 Å². The Morgan fingerprint density at radius 3 is 2.62 bits per heavy atom. The highest BCUT2D eigenvalue weighted by Gasteiger charge is 2.10. The summed E-state index contributed by atoms with van der Waals surface area (Å²) in [4.78, 5) is 19.8. The molecule has 0 fully saturated rings. The van der Waals surface area contributed by atoms with Crippen LogP contribution in [0.25, 0.3) is 11.3 Å². The van der Waals surface area contributed by atoms with Crippen molar-refractivity contribution in [3.05, 3.63) is 69.7 Å². The van der Waals surface area contributed by atoms with Crippen molar-refractivity contribution >= 4 is 47.4 Å². The van der Waals surface area contributed by atoms with Gasteiger partial charge < -0.3 is 15.2 Å². The molecule has 1 aromatic heterocycles. The summed E-state index contributed by atoms with van der Waals surface area (Å²) in [6.45, 7) is 0.564. The molecule has 0 saturated heterocycles. The lowest BCUT2D eigenvalue weighted by molar-refractivity contribution is 0.0697. The van der Waals surface area contributed by atoms with Gasteiger partial charge in [0, 0.05) is 18.2 Å². The number of aromatic nitrogens is 2. The third-order valence-electron chi connectivity index (χ3n) is 4.03. The fourth-order valence-electron chi connectivity index (χ4n) is 2.63. The Morgan fingerprint density at radius 2 is 1.90 bits per heavy atom. The predicted molar refractivity (Wildman–Crippen MR) is 117 cm³/mol. The summed E-state index contributed by atoms with van der Waals surface area (Å²) in [5, 5.41) is 13.5. The molecule has 0 amide bonds. The number of rotatable bonds is 7. The number of benzene rings is 2. The lowest BCUT2D eigenvalue weighted by Gasteiger charge is -2.11. The molecule has 2 N–H and O–H groups in total. The Hall–Kier alpha value is -2.54. The highest BCUT2D eigenvalue weighted by molar-refractivity contribution is 6.42. The first-order valence-electron chi connectivity index (χ1n) is 8.41. The number of hydrogen-bond donors (Lipinski definition) is 2. The highest BCUT2D eigenvalue weighted by Crippen LogP contribution is 2.26. The number of methoxy groups -OCH3 is 1. The van der Waals surface area contributed by atoms with Crippen molar-refractivity contribution in [2.75, 3.05) is 19.0 Å². The van der Waals surface area contributed by atoms with Crippen LogP contribution in [0, 0.1) is 0 Å². The minimum atomic E-state index is -1.00.